The second-order valence-corrected chi connectivity index (χ2v) is 5.28. The molecule has 2 N–H and O–H groups in total. The van der Waals surface area contributed by atoms with Crippen LogP contribution in [-0.2, 0) is 6.61 Å². The fourth-order valence-electron chi connectivity index (χ4n) is 2.31. The maximum atomic E-state index is 6.03. The molecule has 0 spiro atoms. The number of hydrogen-bond acceptors (Lipinski definition) is 3. The van der Waals surface area contributed by atoms with Gasteiger partial charge < -0.3 is 10.5 Å². The maximum Gasteiger partial charge on any atom is 0.130 e. The molecular formula is C18H18N2O. The molecule has 0 unspecified atom stereocenters. The highest BCUT2D eigenvalue weighted by atomic mass is 16.5. The van der Waals surface area contributed by atoms with Crippen LogP contribution in [0.25, 0.3) is 10.9 Å². The van der Waals surface area contributed by atoms with Crippen molar-refractivity contribution in [2.24, 2.45) is 0 Å². The molecule has 1 aromatic heterocycles. The number of aryl methyl sites for hydroxylation is 2. The van der Waals surface area contributed by atoms with Gasteiger partial charge >= 0.3 is 0 Å². The lowest BCUT2D eigenvalue weighted by molar-refractivity contribution is 0.304. The van der Waals surface area contributed by atoms with Gasteiger partial charge in [-0.3, -0.25) is 0 Å². The van der Waals surface area contributed by atoms with Crippen LogP contribution >= 0.6 is 0 Å². The Morgan fingerprint density at radius 3 is 2.71 bits per heavy atom. The van der Waals surface area contributed by atoms with E-state index in [1.165, 1.54) is 5.56 Å². The van der Waals surface area contributed by atoms with Crippen LogP contribution in [-0.4, -0.2) is 4.98 Å². The first-order chi connectivity index (χ1) is 10.1. The molecule has 0 amide bonds. The lowest BCUT2D eigenvalue weighted by atomic mass is 10.1. The van der Waals surface area contributed by atoms with Crippen molar-refractivity contribution in [2.45, 2.75) is 20.5 Å². The summed E-state index contributed by atoms with van der Waals surface area (Å²) in [5.74, 6) is 1.42. The molecule has 1 heterocycles. The van der Waals surface area contributed by atoms with Crippen molar-refractivity contribution in [3.8, 4) is 5.75 Å². The van der Waals surface area contributed by atoms with Crippen LogP contribution < -0.4 is 10.5 Å². The summed E-state index contributed by atoms with van der Waals surface area (Å²) in [5.41, 5.74) is 10.1. The number of para-hydroxylation sites is 1. The molecule has 0 saturated heterocycles. The first kappa shape index (κ1) is 13.4. The van der Waals surface area contributed by atoms with Crippen molar-refractivity contribution in [3.05, 3.63) is 65.2 Å². The average molecular weight is 278 g/mol. The van der Waals surface area contributed by atoms with Gasteiger partial charge in [0.25, 0.3) is 0 Å². The van der Waals surface area contributed by atoms with Crippen LogP contribution in [0.2, 0.25) is 0 Å². The standard InChI is InChI=1S/C18H18N2O/c1-12-7-8-13(2)17(9-12)21-11-15-10-14-5-3-4-6-16(14)20-18(15)19/h3-10H,11H2,1-2H3,(H2,19,20). The van der Waals surface area contributed by atoms with Gasteiger partial charge in [-0.1, -0.05) is 30.3 Å². The zero-order valence-corrected chi connectivity index (χ0v) is 12.3. The van der Waals surface area contributed by atoms with Gasteiger partial charge in [0.1, 0.15) is 18.2 Å². The Morgan fingerprint density at radius 2 is 1.86 bits per heavy atom. The van der Waals surface area contributed by atoms with Gasteiger partial charge in [-0.25, -0.2) is 4.98 Å². The Kier molecular flexibility index (Phi) is 3.48. The Hall–Kier alpha value is -2.55. The quantitative estimate of drug-likeness (QED) is 0.787. The van der Waals surface area contributed by atoms with Crippen LogP contribution in [0.4, 0.5) is 5.82 Å². The molecule has 0 radical (unpaired) electrons. The average Bonchev–Trinajstić information content (AvgIpc) is 2.48. The number of rotatable bonds is 3. The summed E-state index contributed by atoms with van der Waals surface area (Å²) in [6.45, 7) is 4.52. The molecule has 3 nitrogen and oxygen atoms in total. The van der Waals surface area contributed by atoms with E-state index in [0.29, 0.717) is 12.4 Å². The third-order valence-electron chi connectivity index (χ3n) is 3.56. The van der Waals surface area contributed by atoms with Gasteiger partial charge in [0.15, 0.2) is 0 Å². The first-order valence-corrected chi connectivity index (χ1v) is 6.97. The molecule has 3 aromatic rings. The number of nitrogens with two attached hydrogens (primary N) is 1. The minimum absolute atomic E-state index is 0.425. The number of hydrogen-bond donors (Lipinski definition) is 1. The van der Waals surface area contributed by atoms with Gasteiger partial charge in [0.05, 0.1) is 5.52 Å². The van der Waals surface area contributed by atoms with Gasteiger partial charge in [-0.2, -0.15) is 0 Å². The van der Waals surface area contributed by atoms with Crippen molar-refractivity contribution in [1.29, 1.82) is 0 Å². The number of ether oxygens (including phenoxy) is 1. The molecule has 0 aliphatic rings. The van der Waals surface area contributed by atoms with Gasteiger partial charge in [0, 0.05) is 10.9 Å². The van der Waals surface area contributed by atoms with E-state index in [1.54, 1.807) is 0 Å². The zero-order chi connectivity index (χ0) is 14.8. The Labute approximate surface area is 124 Å². The van der Waals surface area contributed by atoms with E-state index in [0.717, 1.165) is 27.8 Å². The fourth-order valence-corrected chi connectivity index (χ4v) is 2.31. The molecule has 2 aromatic carbocycles. The third-order valence-corrected chi connectivity index (χ3v) is 3.56. The summed E-state index contributed by atoms with van der Waals surface area (Å²) >= 11 is 0. The highest BCUT2D eigenvalue weighted by molar-refractivity contribution is 5.81. The predicted molar refractivity (Wildman–Crippen MR) is 86.4 cm³/mol. The van der Waals surface area contributed by atoms with Crippen molar-refractivity contribution in [3.63, 3.8) is 0 Å². The molecule has 0 bridgehead atoms. The number of pyridine rings is 1. The number of anilines is 1. The SMILES string of the molecule is Cc1ccc(C)c(OCc2cc3ccccc3nc2N)c1. The second kappa shape index (κ2) is 5.44. The van der Waals surface area contributed by atoms with Gasteiger partial charge in [0.2, 0.25) is 0 Å². The zero-order valence-electron chi connectivity index (χ0n) is 12.3. The molecule has 0 atom stereocenters. The highest BCUT2D eigenvalue weighted by Gasteiger charge is 2.06. The summed E-state index contributed by atoms with van der Waals surface area (Å²) in [5, 5.41) is 1.08. The van der Waals surface area contributed by atoms with Gasteiger partial charge in [-0.15, -0.1) is 0 Å². The summed E-state index contributed by atoms with van der Waals surface area (Å²) in [7, 11) is 0. The van der Waals surface area contributed by atoms with E-state index in [9.17, 15) is 0 Å². The first-order valence-electron chi connectivity index (χ1n) is 6.97. The molecule has 106 valence electrons. The van der Waals surface area contributed by atoms with Crippen LogP contribution in [0.3, 0.4) is 0 Å². The van der Waals surface area contributed by atoms with Crippen molar-refractivity contribution in [2.75, 3.05) is 5.73 Å². The Balaban J connectivity index is 1.88. The van der Waals surface area contributed by atoms with Gasteiger partial charge in [-0.05, 0) is 43.2 Å². The minimum atomic E-state index is 0.425. The molecule has 0 aliphatic carbocycles. The van der Waals surface area contributed by atoms with E-state index in [-0.39, 0.29) is 0 Å². The van der Waals surface area contributed by atoms with Crippen LogP contribution in [0.1, 0.15) is 16.7 Å². The monoisotopic (exact) mass is 278 g/mol. The van der Waals surface area contributed by atoms with E-state index >= 15 is 0 Å². The van der Waals surface area contributed by atoms with Crippen LogP contribution in [0.5, 0.6) is 5.75 Å². The summed E-state index contributed by atoms with van der Waals surface area (Å²) in [6.07, 6.45) is 0. The normalized spacial score (nSPS) is 10.8. The predicted octanol–water partition coefficient (Wildman–Crippen LogP) is 4.01. The maximum absolute atomic E-state index is 6.03. The number of fused-ring (bicyclic) bond motifs is 1. The topological polar surface area (TPSA) is 48.1 Å². The molecule has 0 saturated carbocycles. The summed E-state index contributed by atoms with van der Waals surface area (Å²) < 4.78 is 5.91. The number of benzene rings is 2. The number of nitrogen functional groups attached to an aromatic ring is 1. The molecule has 0 aliphatic heterocycles. The number of nitrogens with zero attached hydrogens (tertiary/aromatic N) is 1. The Bertz CT molecular complexity index is 796. The molecule has 21 heavy (non-hydrogen) atoms. The van der Waals surface area contributed by atoms with E-state index in [2.05, 4.69) is 24.0 Å². The van der Waals surface area contributed by atoms with Crippen molar-refractivity contribution >= 4 is 16.7 Å². The molecule has 3 rings (SSSR count). The van der Waals surface area contributed by atoms with Crippen LogP contribution in [0, 0.1) is 13.8 Å². The minimum Gasteiger partial charge on any atom is -0.488 e. The van der Waals surface area contributed by atoms with E-state index in [1.807, 2.05) is 43.3 Å². The van der Waals surface area contributed by atoms with Crippen molar-refractivity contribution < 1.29 is 4.74 Å². The summed E-state index contributed by atoms with van der Waals surface area (Å²) in [6, 6.07) is 16.2. The van der Waals surface area contributed by atoms with E-state index < -0.39 is 0 Å². The molecule has 0 fully saturated rings. The largest absolute Gasteiger partial charge is 0.488 e. The molecule has 3 heteroatoms. The lowest BCUT2D eigenvalue weighted by Crippen LogP contribution is -2.03. The number of aromatic nitrogens is 1. The Morgan fingerprint density at radius 1 is 1.05 bits per heavy atom. The molecular weight excluding hydrogens is 260 g/mol. The summed E-state index contributed by atoms with van der Waals surface area (Å²) in [4.78, 5) is 4.43. The highest BCUT2D eigenvalue weighted by Crippen LogP contribution is 2.23. The smallest absolute Gasteiger partial charge is 0.130 e. The fraction of sp³-hybridized carbons (Fsp3) is 0.167. The van der Waals surface area contributed by atoms with Crippen molar-refractivity contribution in [1.82, 2.24) is 4.98 Å². The third kappa shape index (κ3) is 2.82. The second-order valence-electron chi connectivity index (χ2n) is 5.28. The van der Waals surface area contributed by atoms with E-state index in [4.69, 9.17) is 10.5 Å². The lowest BCUT2D eigenvalue weighted by Gasteiger charge is -2.12. The van der Waals surface area contributed by atoms with Crippen LogP contribution in [0.15, 0.2) is 48.5 Å².